The molecule has 31 heavy (non-hydrogen) atoms. The lowest BCUT2D eigenvalue weighted by atomic mass is 10.1. The Morgan fingerprint density at radius 2 is 1.77 bits per heavy atom. The van der Waals surface area contributed by atoms with E-state index in [-0.39, 0.29) is 17.2 Å². The summed E-state index contributed by atoms with van der Waals surface area (Å²) in [5.41, 5.74) is 2.41. The summed E-state index contributed by atoms with van der Waals surface area (Å²) >= 11 is 5.91. The maximum Gasteiger partial charge on any atom is 0.280 e. The molecule has 0 atom stereocenters. The average Bonchev–Trinajstić information content (AvgIpc) is 3.42. The highest BCUT2D eigenvalue weighted by atomic mass is 35.5. The Bertz CT molecular complexity index is 1350. The summed E-state index contributed by atoms with van der Waals surface area (Å²) in [4.78, 5) is 4.55. The van der Waals surface area contributed by atoms with Crippen molar-refractivity contribution in [2.45, 2.75) is 12.8 Å². The Kier molecular flexibility index (Phi) is 4.91. The standard InChI is InChI=1S/C22H14ClF2N5O/c23-15-8-6-13(7-9-15)10-19-28-29-22(31-19)16-12-26-30-18(20(24)25)11-17(27-21(16)30)14-4-2-1-3-5-14/h1-9,11-12,20H,10H2. The SMILES string of the molecule is FC(F)c1cc(-c2ccccc2)nc2c(-c3nnc(Cc4ccc(Cl)cc4)o3)cnn12. The first kappa shape index (κ1) is 19.3. The van der Waals surface area contributed by atoms with Crippen molar-refractivity contribution >= 4 is 17.2 Å². The second-order valence-corrected chi connectivity index (χ2v) is 7.27. The molecule has 154 valence electrons. The molecule has 0 N–H and O–H groups in total. The van der Waals surface area contributed by atoms with Gasteiger partial charge in [-0.25, -0.2) is 18.3 Å². The Balaban J connectivity index is 1.57. The van der Waals surface area contributed by atoms with Crippen molar-refractivity contribution in [1.82, 2.24) is 24.8 Å². The van der Waals surface area contributed by atoms with Crippen LogP contribution >= 0.6 is 11.6 Å². The first-order valence-corrected chi connectivity index (χ1v) is 9.76. The van der Waals surface area contributed by atoms with Crippen LogP contribution in [0.15, 0.2) is 71.3 Å². The van der Waals surface area contributed by atoms with Crippen LogP contribution in [0.5, 0.6) is 0 Å². The Hall–Kier alpha value is -3.65. The number of rotatable bonds is 5. The zero-order valence-corrected chi connectivity index (χ0v) is 16.7. The number of alkyl halides is 2. The van der Waals surface area contributed by atoms with Gasteiger partial charge in [0.25, 0.3) is 12.3 Å². The monoisotopic (exact) mass is 437 g/mol. The van der Waals surface area contributed by atoms with Gasteiger partial charge in [0.2, 0.25) is 5.89 Å². The second-order valence-electron chi connectivity index (χ2n) is 6.83. The van der Waals surface area contributed by atoms with E-state index in [1.54, 1.807) is 24.3 Å². The molecule has 3 heterocycles. The smallest absolute Gasteiger partial charge is 0.280 e. The number of nitrogens with zero attached hydrogens (tertiary/aromatic N) is 5. The van der Waals surface area contributed by atoms with Gasteiger partial charge in [0.1, 0.15) is 11.3 Å². The van der Waals surface area contributed by atoms with E-state index >= 15 is 0 Å². The van der Waals surface area contributed by atoms with Gasteiger partial charge in [-0.1, -0.05) is 54.1 Å². The highest BCUT2D eigenvalue weighted by Crippen LogP contribution is 2.30. The number of halogens is 3. The van der Waals surface area contributed by atoms with Crippen molar-refractivity contribution in [1.29, 1.82) is 0 Å². The van der Waals surface area contributed by atoms with Gasteiger partial charge in [-0.15, -0.1) is 10.2 Å². The van der Waals surface area contributed by atoms with Gasteiger partial charge in [-0.05, 0) is 23.8 Å². The molecule has 5 aromatic rings. The lowest BCUT2D eigenvalue weighted by molar-refractivity contribution is 0.143. The Morgan fingerprint density at radius 3 is 2.52 bits per heavy atom. The third-order valence-corrected chi connectivity index (χ3v) is 5.01. The van der Waals surface area contributed by atoms with Crippen molar-refractivity contribution in [2.75, 3.05) is 0 Å². The van der Waals surface area contributed by atoms with Crippen molar-refractivity contribution < 1.29 is 13.2 Å². The van der Waals surface area contributed by atoms with E-state index in [2.05, 4.69) is 20.3 Å². The summed E-state index contributed by atoms with van der Waals surface area (Å²) in [6.45, 7) is 0. The maximum absolute atomic E-state index is 13.7. The van der Waals surface area contributed by atoms with Gasteiger partial charge in [0.15, 0.2) is 5.65 Å². The quantitative estimate of drug-likeness (QED) is 0.356. The van der Waals surface area contributed by atoms with E-state index in [0.29, 0.717) is 34.2 Å². The Morgan fingerprint density at radius 1 is 1.00 bits per heavy atom. The normalized spacial score (nSPS) is 11.5. The van der Waals surface area contributed by atoms with Gasteiger partial charge < -0.3 is 4.42 Å². The molecule has 5 rings (SSSR count). The molecule has 2 aromatic carbocycles. The third-order valence-electron chi connectivity index (χ3n) is 4.76. The fraction of sp³-hybridized carbons (Fsp3) is 0.0909. The molecule has 0 saturated heterocycles. The first-order valence-electron chi connectivity index (χ1n) is 9.38. The molecule has 0 aliphatic heterocycles. The third kappa shape index (κ3) is 3.77. The van der Waals surface area contributed by atoms with Crippen LogP contribution in [-0.4, -0.2) is 24.8 Å². The molecular formula is C22H14ClF2N5O. The molecule has 0 saturated carbocycles. The second kappa shape index (κ2) is 7.88. The van der Waals surface area contributed by atoms with Gasteiger partial charge >= 0.3 is 0 Å². The summed E-state index contributed by atoms with van der Waals surface area (Å²) in [5.74, 6) is 0.543. The van der Waals surface area contributed by atoms with Gasteiger partial charge in [-0.3, -0.25) is 0 Å². The molecule has 0 amide bonds. The van der Waals surface area contributed by atoms with Crippen molar-refractivity contribution in [2.24, 2.45) is 0 Å². The number of hydrogen-bond acceptors (Lipinski definition) is 5. The van der Waals surface area contributed by atoms with Crippen LogP contribution in [0.3, 0.4) is 0 Å². The van der Waals surface area contributed by atoms with Gasteiger partial charge in [-0.2, -0.15) is 5.10 Å². The zero-order chi connectivity index (χ0) is 21.4. The van der Waals surface area contributed by atoms with Crippen LogP contribution in [0, 0.1) is 0 Å². The molecule has 0 fully saturated rings. The van der Waals surface area contributed by atoms with Crippen molar-refractivity contribution in [3.05, 3.63) is 89.0 Å². The molecule has 0 aliphatic rings. The summed E-state index contributed by atoms with van der Waals surface area (Å²) in [7, 11) is 0. The highest BCUT2D eigenvalue weighted by molar-refractivity contribution is 6.30. The summed E-state index contributed by atoms with van der Waals surface area (Å²) in [6.07, 6.45) is -0.916. The van der Waals surface area contributed by atoms with E-state index in [0.717, 1.165) is 10.1 Å². The fourth-order valence-corrected chi connectivity index (χ4v) is 3.39. The van der Waals surface area contributed by atoms with Crippen LogP contribution < -0.4 is 0 Å². The minimum absolute atomic E-state index is 0.164. The fourth-order valence-electron chi connectivity index (χ4n) is 3.26. The largest absolute Gasteiger partial charge is 0.420 e. The van der Waals surface area contributed by atoms with E-state index in [4.69, 9.17) is 16.0 Å². The maximum atomic E-state index is 13.7. The van der Waals surface area contributed by atoms with E-state index < -0.39 is 6.43 Å². The van der Waals surface area contributed by atoms with Crippen LogP contribution in [0.25, 0.3) is 28.4 Å². The molecule has 0 unspecified atom stereocenters. The molecular weight excluding hydrogens is 424 g/mol. The minimum Gasteiger partial charge on any atom is -0.420 e. The van der Waals surface area contributed by atoms with Crippen molar-refractivity contribution in [3.63, 3.8) is 0 Å². The number of aromatic nitrogens is 5. The zero-order valence-electron chi connectivity index (χ0n) is 15.9. The number of benzene rings is 2. The lowest BCUT2D eigenvalue weighted by Gasteiger charge is -2.08. The van der Waals surface area contributed by atoms with E-state index in [9.17, 15) is 8.78 Å². The molecule has 3 aromatic heterocycles. The summed E-state index contributed by atoms with van der Waals surface area (Å²) in [6, 6.07) is 17.7. The molecule has 0 aliphatic carbocycles. The topological polar surface area (TPSA) is 69.1 Å². The van der Waals surface area contributed by atoms with Gasteiger partial charge in [0, 0.05) is 10.6 Å². The summed E-state index contributed by atoms with van der Waals surface area (Å²) < 4.78 is 34.3. The summed E-state index contributed by atoms with van der Waals surface area (Å²) in [5, 5.41) is 12.9. The number of fused-ring (bicyclic) bond motifs is 1. The number of hydrogen-bond donors (Lipinski definition) is 0. The predicted molar refractivity (Wildman–Crippen MR) is 111 cm³/mol. The molecule has 0 radical (unpaired) electrons. The van der Waals surface area contributed by atoms with Crippen molar-refractivity contribution in [3.8, 4) is 22.7 Å². The average molecular weight is 438 g/mol. The van der Waals surface area contributed by atoms with Crippen LogP contribution in [0.2, 0.25) is 5.02 Å². The Labute approximate surface area is 180 Å². The van der Waals surface area contributed by atoms with E-state index in [1.165, 1.54) is 12.3 Å². The highest BCUT2D eigenvalue weighted by Gasteiger charge is 2.22. The first-order chi connectivity index (χ1) is 15.1. The van der Waals surface area contributed by atoms with Gasteiger partial charge in [0.05, 0.1) is 18.3 Å². The predicted octanol–water partition coefficient (Wildman–Crippen LogP) is 5.63. The molecule has 0 spiro atoms. The minimum atomic E-state index is -2.73. The molecule has 0 bridgehead atoms. The molecule has 9 heteroatoms. The molecule has 6 nitrogen and oxygen atoms in total. The van der Waals surface area contributed by atoms with Crippen LogP contribution in [0.1, 0.15) is 23.6 Å². The van der Waals surface area contributed by atoms with Crippen LogP contribution in [0.4, 0.5) is 8.78 Å². The van der Waals surface area contributed by atoms with Crippen LogP contribution in [-0.2, 0) is 6.42 Å². The lowest BCUT2D eigenvalue weighted by Crippen LogP contribution is -2.02. The van der Waals surface area contributed by atoms with E-state index in [1.807, 2.05) is 30.3 Å².